The number of alkyl halides is 1. The number of nitrogens with zero attached hydrogens (tertiary/aromatic N) is 6. The van der Waals surface area contributed by atoms with E-state index in [1.807, 2.05) is 41.1 Å². The lowest BCUT2D eigenvalue weighted by atomic mass is 9.99. The lowest BCUT2D eigenvalue weighted by Crippen LogP contribution is -2.63. The maximum Gasteiger partial charge on any atom is 0.301 e. The maximum atomic E-state index is 15.8. The first kappa shape index (κ1) is 40.8. The maximum absolute atomic E-state index is 15.8. The van der Waals surface area contributed by atoms with Gasteiger partial charge in [0, 0.05) is 116 Å². The van der Waals surface area contributed by atoms with Crippen LogP contribution in [-0.2, 0) is 21.5 Å². The Morgan fingerprint density at radius 2 is 1.63 bits per heavy atom. The summed E-state index contributed by atoms with van der Waals surface area (Å²) in [6, 6.07) is 17.4. The Morgan fingerprint density at radius 3 is 2.37 bits per heavy atom. The van der Waals surface area contributed by atoms with Gasteiger partial charge in [-0.1, -0.05) is 18.7 Å². The van der Waals surface area contributed by atoms with Crippen LogP contribution in [0.1, 0.15) is 51.1 Å². The quantitative estimate of drug-likeness (QED) is 0.161. The summed E-state index contributed by atoms with van der Waals surface area (Å²) < 4.78 is 73.1. The molecule has 1 unspecified atom stereocenters. The minimum atomic E-state index is -4.35. The number of piperidine rings is 1. The zero-order valence-corrected chi connectivity index (χ0v) is 34.9. The van der Waals surface area contributed by atoms with E-state index in [9.17, 15) is 27.2 Å². The summed E-state index contributed by atoms with van der Waals surface area (Å²) in [7, 11) is -4.35. The van der Waals surface area contributed by atoms with E-state index in [4.69, 9.17) is 0 Å². The van der Waals surface area contributed by atoms with Gasteiger partial charge in [0.2, 0.25) is 11.7 Å². The Bertz CT molecular complexity index is 2810. The number of carbonyl (C=O) groups is 3. The molecule has 18 heteroatoms. The molecule has 5 aliphatic heterocycles. The normalized spacial score (nSPS) is 21.3. The van der Waals surface area contributed by atoms with E-state index in [0.29, 0.717) is 53.3 Å². The van der Waals surface area contributed by atoms with Gasteiger partial charge in [-0.15, -0.1) is 0 Å². The highest BCUT2D eigenvalue weighted by atomic mass is 32.2. The molecule has 0 bridgehead atoms. The molecule has 3 aromatic carbocycles. The van der Waals surface area contributed by atoms with Crippen molar-refractivity contribution in [3.8, 4) is 11.1 Å². The summed E-state index contributed by atoms with van der Waals surface area (Å²) in [4.78, 5) is 55.8. The molecule has 3 N–H and O–H groups in total. The van der Waals surface area contributed by atoms with E-state index in [1.165, 1.54) is 6.20 Å². The zero-order valence-electron chi connectivity index (χ0n) is 34.1. The minimum absolute atomic E-state index is 0.00431. The number of aromatic nitrogens is 2. The smallest absolute Gasteiger partial charge is 0.301 e. The largest absolute Gasteiger partial charge is 0.369 e. The Morgan fingerprint density at radius 1 is 0.873 bits per heavy atom. The number of rotatable bonds is 10. The number of hydrogen-bond donors (Lipinski definition) is 3. The third-order valence-electron chi connectivity index (χ3n) is 13.0. The third kappa shape index (κ3) is 7.48. The summed E-state index contributed by atoms with van der Waals surface area (Å²) in [6.45, 7) is 9.09. The van der Waals surface area contributed by atoms with Crippen LogP contribution >= 0.6 is 0 Å². The van der Waals surface area contributed by atoms with Gasteiger partial charge in [-0.2, -0.15) is 12.7 Å². The Labute approximate surface area is 361 Å². The second-order valence-corrected chi connectivity index (χ2v) is 18.5. The lowest BCUT2D eigenvalue weighted by Gasteiger charge is -2.49. The highest BCUT2D eigenvalue weighted by Gasteiger charge is 2.40. The van der Waals surface area contributed by atoms with E-state index in [-0.39, 0.29) is 36.9 Å². The molecule has 10 rings (SSSR count). The third-order valence-corrected chi connectivity index (χ3v) is 14.5. The molecule has 0 saturated carbocycles. The molecule has 2 aromatic heterocycles. The molecule has 326 valence electrons. The summed E-state index contributed by atoms with van der Waals surface area (Å²) in [6.07, 6.45) is 2.86. The monoisotopic (exact) mass is 879 g/mol. The SMILES string of the molecule is C=C1CCC(N2Cc3cc(N4CC(N5CCN(c6ccc(-c7cnc8[nH]cc(C(=O)c9c(F)ccc(NS(=O)(=O)N%10CC[C@@H](F)C%10)c9F)c8c7)cc6)CC5)C4)ccc3C2=O)C(=O)N1. The van der Waals surface area contributed by atoms with Crippen LogP contribution in [0.25, 0.3) is 22.2 Å². The van der Waals surface area contributed by atoms with Crippen molar-refractivity contribution in [3.63, 3.8) is 0 Å². The van der Waals surface area contributed by atoms with Crippen LogP contribution in [0.15, 0.2) is 85.3 Å². The Hall–Kier alpha value is -6.24. The van der Waals surface area contributed by atoms with Gasteiger partial charge >= 0.3 is 10.2 Å². The predicted molar refractivity (Wildman–Crippen MR) is 231 cm³/mol. The molecule has 2 amide bonds. The van der Waals surface area contributed by atoms with Crippen molar-refractivity contribution in [2.45, 2.75) is 44.1 Å². The van der Waals surface area contributed by atoms with E-state index in [0.717, 1.165) is 78.2 Å². The fraction of sp³-hybridized carbons (Fsp3) is 0.333. The number of fused-ring (bicyclic) bond motifs is 2. The molecule has 0 aliphatic carbocycles. The number of aromatic amines is 1. The molecular formula is C45H44F3N9O5S. The van der Waals surface area contributed by atoms with Gasteiger partial charge in [-0.3, -0.25) is 24.0 Å². The molecule has 4 fully saturated rings. The standard InChI is InChI=1S/C45H44F3N9O5S/c1-26-2-11-39(44(59)51-26)57-22-29-18-32(7-8-34(29)45(57)60)55-24-33(25-55)54-16-14-53(15-17-54)31-5-3-27(4-6-31)28-19-35-36(21-50-43(35)49-20-28)42(58)40-37(47)9-10-38(41(40)48)52-63(61,62)56-13-12-30(46)23-56/h3-10,18-21,30,33,39,52H,1-2,11-17,22-25H2,(H,49,50)(H,51,59)/t30-,39?/m1/s1. The minimum Gasteiger partial charge on any atom is -0.369 e. The van der Waals surface area contributed by atoms with Crippen LogP contribution in [0.3, 0.4) is 0 Å². The lowest BCUT2D eigenvalue weighted by molar-refractivity contribution is -0.126. The number of allylic oxidation sites excluding steroid dienone is 1. The van der Waals surface area contributed by atoms with Crippen molar-refractivity contribution in [1.29, 1.82) is 0 Å². The Balaban J connectivity index is 0.759. The summed E-state index contributed by atoms with van der Waals surface area (Å²) in [5.74, 6) is -3.82. The molecule has 5 aromatic rings. The average Bonchev–Trinajstić information content (AvgIpc) is 3.98. The van der Waals surface area contributed by atoms with Crippen LogP contribution < -0.4 is 19.8 Å². The van der Waals surface area contributed by atoms with Crippen LogP contribution in [0.2, 0.25) is 0 Å². The van der Waals surface area contributed by atoms with Crippen molar-refractivity contribution in [2.24, 2.45) is 0 Å². The molecule has 14 nitrogen and oxygen atoms in total. The number of hydrogen-bond acceptors (Lipinski definition) is 9. The topological polar surface area (TPSA) is 154 Å². The number of H-pyrrole nitrogens is 1. The molecule has 4 saturated heterocycles. The first-order valence-corrected chi connectivity index (χ1v) is 22.4. The van der Waals surface area contributed by atoms with E-state index in [2.05, 4.69) is 42.6 Å². The van der Waals surface area contributed by atoms with Gasteiger partial charge in [-0.25, -0.2) is 18.2 Å². The molecular weight excluding hydrogens is 836 g/mol. The van der Waals surface area contributed by atoms with Gasteiger partial charge in [-0.05, 0) is 78.9 Å². The summed E-state index contributed by atoms with van der Waals surface area (Å²) >= 11 is 0. The highest BCUT2D eigenvalue weighted by molar-refractivity contribution is 7.90. The van der Waals surface area contributed by atoms with E-state index < -0.39 is 51.1 Å². The second kappa shape index (κ2) is 15.8. The van der Waals surface area contributed by atoms with Gasteiger partial charge < -0.3 is 25.0 Å². The number of piperazine rings is 1. The number of benzene rings is 3. The van der Waals surface area contributed by atoms with Gasteiger partial charge in [0.25, 0.3) is 5.91 Å². The number of amides is 2. The number of halogens is 3. The first-order valence-electron chi connectivity index (χ1n) is 21.0. The fourth-order valence-electron chi connectivity index (χ4n) is 9.38. The predicted octanol–water partition coefficient (Wildman–Crippen LogP) is 5.20. The number of carbonyl (C=O) groups excluding carboxylic acids is 3. The number of nitrogens with one attached hydrogen (secondary N) is 3. The molecule has 63 heavy (non-hydrogen) atoms. The van der Waals surface area contributed by atoms with Crippen molar-refractivity contribution < 1.29 is 36.0 Å². The summed E-state index contributed by atoms with van der Waals surface area (Å²) in [5.41, 5.74) is 4.67. The van der Waals surface area contributed by atoms with Crippen LogP contribution in [0.5, 0.6) is 0 Å². The van der Waals surface area contributed by atoms with Crippen molar-refractivity contribution in [2.75, 3.05) is 66.9 Å². The van der Waals surface area contributed by atoms with Crippen LogP contribution in [0, 0.1) is 11.6 Å². The fourth-order valence-corrected chi connectivity index (χ4v) is 10.6. The van der Waals surface area contributed by atoms with Gasteiger partial charge in [0.05, 0.1) is 11.3 Å². The van der Waals surface area contributed by atoms with Crippen molar-refractivity contribution >= 4 is 55.9 Å². The van der Waals surface area contributed by atoms with Gasteiger partial charge in [0.1, 0.15) is 23.7 Å². The van der Waals surface area contributed by atoms with E-state index >= 15 is 8.78 Å². The molecule has 2 atom stereocenters. The highest BCUT2D eigenvalue weighted by Crippen LogP contribution is 2.35. The van der Waals surface area contributed by atoms with Crippen LogP contribution in [-0.4, -0.2) is 121 Å². The first-order chi connectivity index (χ1) is 30.3. The number of anilines is 3. The molecule has 7 heterocycles. The van der Waals surface area contributed by atoms with E-state index in [1.54, 1.807) is 17.2 Å². The van der Waals surface area contributed by atoms with Crippen molar-refractivity contribution in [3.05, 3.63) is 119 Å². The Kier molecular flexibility index (Phi) is 10.3. The van der Waals surface area contributed by atoms with Crippen molar-refractivity contribution in [1.82, 2.24) is 29.4 Å². The second-order valence-electron chi connectivity index (χ2n) is 16.8. The molecule has 5 aliphatic rings. The van der Waals surface area contributed by atoms with Crippen LogP contribution in [0.4, 0.5) is 30.2 Å². The number of pyridine rings is 1. The number of ketones is 1. The van der Waals surface area contributed by atoms with Gasteiger partial charge in [0.15, 0.2) is 5.82 Å². The molecule has 0 radical (unpaired) electrons. The average molecular weight is 880 g/mol. The zero-order chi connectivity index (χ0) is 43.7. The summed E-state index contributed by atoms with van der Waals surface area (Å²) in [5, 5.41) is 3.12. The molecule has 0 spiro atoms.